The van der Waals surface area contributed by atoms with Crippen molar-refractivity contribution in [3.8, 4) is 0 Å². The Hall–Kier alpha value is -1.58. The van der Waals surface area contributed by atoms with Crippen molar-refractivity contribution in [3.05, 3.63) is 24.0 Å². The second-order valence-electron chi connectivity index (χ2n) is 4.87. The van der Waals surface area contributed by atoms with Gasteiger partial charge in [-0.1, -0.05) is 6.92 Å². The minimum absolute atomic E-state index is 0.0621. The molecule has 3 nitrogen and oxygen atoms in total. The van der Waals surface area contributed by atoms with Crippen LogP contribution in [0, 0.1) is 5.82 Å². The lowest BCUT2D eigenvalue weighted by atomic mass is 9.74. The lowest BCUT2D eigenvalue weighted by molar-refractivity contribution is 0.144. The van der Waals surface area contributed by atoms with E-state index in [-0.39, 0.29) is 11.4 Å². The molecule has 0 saturated heterocycles. The first-order chi connectivity index (χ1) is 8.16. The van der Waals surface area contributed by atoms with E-state index >= 15 is 0 Å². The summed E-state index contributed by atoms with van der Waals surface area (Å²) in [5.74, 6) is 0.274. The third-order valence-electron chi connectivity index (χ3n) is 4.06. The number of hydrogen-bond donors (Lipinski definition) is 1. The monoisotopic (exact) mass is 233 g/mol. The van der Waals surface area contributed by atoms with Crippen molar-refractivity contribution >= 4 is 17.0 Å². The van der Waals surface area contributed by atoms with Gasteiger partial charge < -0.3 is 10.3 Å². The molecule has 90 valence electrons. The fraction of sp³-hybridized carbons (Fsp3) is 0.462. The Morgan fingerprint density at radius 2 is 2.24 bits per heavy atom. The van der Waals surface area contributed by atoms with E-state index in [4.69, 9.17) is 5.73 Å². The molecule has 0 bridgehead atoms. The maximum atomic E-state index is 13.4. The van der Waals surface area contributed by atoms with E-state index in [1.165, 1.54) is 18.6 Å². The van der Waals surface area contributed by atoms with Crippen LogP contribution < -0.4 is 5.73 Å². The second kappa shape index (κ2) is 3.45. The number of fused-ring (bicyclic) bond motifs is 1. The van der Waals surface area contributed by atoms with E-state index in [0.717, 1.165) is 30.3 Å². The third-order valence-corrected chi connectivity index (χ3v) is 4.06. The van der Waals surface area contributed by atoms with Crippen LogP contribution >= 0.6 is 0 Å². The summed E-state index contributed by atoms with van der Waals surface area (Å²) in [4.78, 5) is 4.32. The fourth-order valence-corrected chi connectivity index (χ4v) is 2.89. The standard InChI is InChI=1S/C13H16FN3/c1-2-13(6-3-7-13)17-11-8-9(14)4-5-10(11)16-12(17)15/h4-5,8H,2-3,6-7H2,1H3,(H2,15,16). The van der Waals surface area contributed by atoms with Crippen LogP contribution in [0.15, 0.2) is 18.2 Å². The number of nitrogens with two attached hydrogens (primary N) is 1. The van der Waals surface area contributed by atoms with Crippen molar-refractivity contribution in [2.45, 2.75) is 38.1 Å². The zero-order chi connectivity index (χ0) is 12.0. The van der Waals surface area contributed by atoms with Gasteiger partial charge in [0.2, 0.25) is 5.95 Å². The molecule has 0 spiro atoms. The smallest absolute Gasteiger partial charge is 0.201 e. The van der Waals surface area contributed by atoms with Crippen LogP contribution in [0.1, 0.15) is 32.6 Å². The lowest BCUT2D eigenvalue weighted by Crippen LogP contribution is -2.40. The molecule has 0 unspecified atom stereocenters. The molecule has 1 heterocycles. The Balaban J connectivity index is 2.27. The van der Waals surface area contributed by atoms with Crippen molar-refractivity contribution < 1.29 is 4.39 Å². The second-order valence-corrected chi connectivity index (χ2v) is 4.87. The van der Waals surface area contributed by atoms with Gasteiger partial charge in [-0.15, -0.1) is 0 Å². The predicted octanol–water partition coefficient (Wildman–Crippen LogP) is 3.05. The molecule has 1 aromatic heterocycles. The highest BCUT2D eigenvalue weighted by atomic mass is 19.1. The Kier molecular flexibility index (Phi) is 2.15. The predicted molar refractivity (Wildman–Crippen MR) is 66.2 cm³/mol. The van der Waals surface area contributed by atoms with Gasteiger partial charge in [-0.2, -0.15) is 0 Å². The molecule has 2 aromatic rings. The molecular formula is C13H16FN3. The van der Waals surface area contributed by atoms with Crippen LogP contribution in [-0.2, 0) is 5.54 Å². The summed E-state index contributed by atoms with van der Waals surface area (Å²) in [5.41, 5.74) is 7.67. The first kappa shape index (κ1) is 10.6. The molecule has 2 N–H and O–H groups in total. The minimum atomic E-state index is -0.232. The van der Waals surface area contributed by atoms with Gasteiger partial charge in [0.1, 0.15) is 5.82 Å². The number of aromatic nitrogens is 2. The molecule has 1 saturated carbocycles. The quantitative estimate of drug-likeness (QED) is 0.866. The van der Waals surface area contributed by atoms with E-state index in [1.807, 2.05) is 4.57 Å². The van der Waals surface area contributed by atoms with E-state index in [1.54, 1.807) is 6.07 Å². The molecule has 1 aliphatic carbocycles. The molecule has 0 amide bonds. The van der Waals surface area contributed by atoms with Crippen molar-refractivity contribution in [3.63, 3.8) is 0 Å². The number of nitrogen functional groups attached to an aromatic ring is 1. The summed E-state index contributed by atoms with van der Waals surface area (Å²) < 4.78 is 15.4. The molecule has 0 aliphatic heterocycles. The third kappa shape index (κ3) is 1.36. The molecule has 1 fully saturated rings. The normalized spacial score (nSPS) is 18.2. The SMILES string of the molecule is CCC1(n2c(N)nc3ccc(F)cc32)CCC1. The summed E-state index contributed by atoms with van der Waals surface area (Å²) in [5, 5.41) is 0. The summed E-state index contributed by atoms with van der Waals surface area (Å²) in [6.45, 7) is 2.16. The van der Waals surface area contributed by atoms with Crippen LogP contribution in [0.3, 0.4) is 0 Å². The van der Waals surface area contributed by atoms with Gasteiger partial charge in [-0.05, 0) is 43.9 Å². The zero-order valence-corrected chi connectivity index (χ0v) is 9.91. The van der Waals surface area contributed by atoms with Gasteiger partial charge in [0.05, 0.1) is 11.0 Å². The van der Waals surface area contributed by atoms with Crippen molar-refractivity contribution in [2.24, 2.45) is 0 Å². The number of anilines is 1. The van der Waals surface area contributed by atoms with Gasteiger partial charge in [0, 0.05) is 5.54 Å². The maximum absolute atomic E-state index is 13.4. The molecular weight excluding hydrogens is 217 g/mol. The lowest BCUT2D eigenvalue weighted by Gasteiger charge is -2.43. The summed E-state index contributed by atoms with van der Waals surface area (Å²) >= 11 is 0. The number of rotatable bonds is 2. The van der Waals surface area contributed by atoms with E-state index in [0.29, 0.717) is 5.95 Å². The number of hydrogen-bond acceptors (Lipinski definition) is 2. The van der Waals surface area contributed by atoms with Crippen LogP contribution in [0.5, 0.6) is 0 Å². The highest BCUT2D eigenvalue weighted by Gasteiger charge is 2.39. The van der Waals surface area contributed by atoms with Gasteiger partial charge in [0.15, 0.2) is 0 Å². The molecule has 1 aromatic carbocycles. The average molecular weight is 233 g/mol. The first-order valence-corrected chi connectivity index (χ1v) is 6.10. The number of benzene rings is 1. The fourth-order valence-electron chi connectivity index (χ4n) is 2.89. The summed E-state index contributed by atoms with van der Waals surface area (Å²) in [6.07, 6.45) is 4.44. The van der Waals surface area contributed by atoms with Gasteiger partial charge in [-0.3, -0.25) is 0 Å². The van der Waals surface area contributed by atoms with E-state index in [9.17, 15) is 4.39 Å². The maximum Gasteiger partial charge on any atom is 0.201 e. The minimum Gasteiger partial charge on any atom is -0.369 e. The Bertz CT molecular complexity index is 564. The van der Waals surface area contributed by atoms with Crippen LogP contribution in [0.25, 0.3) is 11.0 Å². The van der Waals surface area contributed by atoms with Crippen LogP contribution in [0.2, 0.25) is 0 Å². The van der Waals surface area contributed by atoms with E-state index < -0.39 is 0 Å². The molecule has 4 heteroatoms. The number of nitrogens with zero attached hydrogens (tertiary/aromatic N) is 2. The van der Waals surface area contributed by atoms with Crippen LogP contribution in [-0.4, -0.2) is 9.55 Å². The highest BCUT2D eigenvalue weighted by Crippen LogP contribution is 2.45. The highest BCUT2D eigenvalue weighted by molar-refractivity contribution is 5.78. The Labute approximate surface area is 99.4 Å². The molecule has 0 atom stereocenters. The topological polar surface area (TPSA) is 43.8 Å². The van der Waals surface area contributed by atoms with Crippen LogP contribution in [0.4, 0.5) is 10.3 Å². The zero-order valence-electron chi connectivity index (χ0n) is 9.91. The summed E-state index contributed by atoms with van der Waals surface area (Å²) in [6, 6.07) is 4.66. The molecule has 1 aliphatic rings. The molecule has 0 radical (unpaired) electrons. The number of halogens is 1. The van der Waals surface area contributed by atoms with Crippen molar-refractivity contribution in [2.75, 3.05) is 5.73 Å². The van der Waals surface area contributed by atoms with Gasteiger partial charge in [0.25, 0.3) is 0 Å². The Morgan fingerprint density at radius 1 is 1.47 bits per heavy atom. The van der Waals surface area contributed by atoms with Crippen molar-refractivity contribution in [1.29, 1.82) is 0 Å². The number of imidazole rings is 1. The average Bonchev–Trinajstić information content (AvgIpc) is 2.56. The molecule has 17 heavy (non-hydrogen) atoms. The van der Waals surface area contributed by atoms with E-state index in [2.05, 4.69) is 11.9 Å². The Morgan fingerprint density at radius 3 is 2.82 bits per heavy atom. The first-order valence-electron chi connectivity index (χ1n) is 6.10. The van der Waals surface area contributed by atoms with Gasteiger partial charge >= 0.3 is 0 Å². The largest absolute Gasteiger partial charge is 0.369 e. The summed E-state index contributed by atoms with van der Waals surface area (Å²) in [7, 11) is 0. The molecule has 3 rings (SSSR count). The van der Waals surface area contributed by atoms with Gasteiger partial charge in [-0.25, -0.2) is 9.37 Å². The van der Waals surface area contributed by atoms with Crippen molar-refractivity contribution in [1.82, 2.24) is 9.55 Å².